The van der Waals surface area contributed by atoms with Gasteiger partial charge in [0.1, 0.15) is 0 Å². The van der Waals surface area contributed by atoms with Crippen molar-refractivity contribution in [1.82, 2.24) is 4.72 Å². The Labute approximate surface area is 100 Å². The Morgan fingerprint density at radius 2 is 2.06 bits per heavy atom. The largest absolute Gasteiger partial charge is 0.481 e. The molecular formula is C8H15NO6S2. The molecule has 0 spiro atoms. The first-order valence-electron chi connectivity index (χ1n) is 5.14. The van der Waals surface area contributed by atoms with Crippen LogP contribution in [0.3, 0.4) is 0 Å². The zero-order chi connectivity index (χ0) is 13.1. The second kappa shape index (κ2) is 5.32. The third-order valence-electron chi connectivity index (χ3n) is 2.50. The molecule has 2 N–H and O–H groups in total. The number of carboxylic acid groups (broad SMARTS) is 1. The fraction of sp³-hybridized carbons (Fsp3) is 0.875. The molecule has 1 rings (SSSR count). The van der Waals surface area contributed by atoms with Crippen molar-refractivity contribution in [2.45, 2.75) is 24.5 Å². The topological polar surface area (TPSA) is 118 Å². The van der Waals surface area contributed by atoms with Gasteiger partial charge in [0.05, 0.1) is 16.8 Å². The van der Waals surface area contributed by atoms with Crippen LogP contribution in [-0.2, 0) is 24.7 Å². The molecule has 7 nitrogen and oxygen atoms in total. The first-order valence-corrected chi connectivity index (χ1v) is 8.50. The van der Waals surface area contributed by atoms with Gasteiger partial charge in [-0.3, -0.25) is 4.79 Å². The van der Waals surface area contributed by atoms with Crippen LogP contribution in [-0.4, -0.2) is 51.2 Å². The molecule has 0 saturated carbocycles. The lowest BCUT2D eigenvalue weighted by atomic mass is 10.3. The third kappa shape index (κ3) is 4.60. The number of sulfonamides is 1. The highest BCUT2D eigenvalue weighted by atomic mass is 32.2. The van der Waals surface area contributed by atoms with Crippen molar-refractivity contribution in [1.29, 1.82) is 0 Å². The number of nitrogens with one attached hydrogen (secondary N) is 1. The molecule has 100 valence electrons. The second-order valence-corrected chi connectivity index (χ2v) is 8.24. The van der Waals surface area contributed by atoms with E-state index < -0.39 is 31.1 Å². The lowest BCUT2D eigenvalue weighted by Gasteiger charge is -2.10. The van der Waals surface area contributed by atoms with Crippen molar-refractivity contribution in [3.05, 3.63) is 0 Å². The highest BCUT2D eigenvalue weighted by molar-refractivity contribution is 7.95. The van der Waals surface area contributed by atoms with E-state index in [1.54, 1.807) is 0 Å². The van der Waals surface area contributed by atoms with Gasteiger partial charge < -0.3 is 5.11 Å². The standard InChI is InChI=1S/C8H15NO6S2/c10-8(11)2-1-4-9-17(14,15)7-3-5-16(12,13)6-7/h7,9H,1-6H2,(H,10,11). The maximum absolute atomic E-state index is 11.6. The average Bonchev–Trinajstić information content (AvgIpc) is 2.54. The molecule has 1 heterocycles. The van der Waals surface area contributed by atoms with Crippen LogP contribution in [0.5, 0.6) is 0 Å². The van der Waals surface area contributed by atoms with Crippen molar-refractivity contribution in [3.8, 4) is 0 Å². The molecule has 1 aliphatic heterocycles. The zero-order valence-corrected chi connectivity index (χ0v) is 10.8. The highest BCUT2D eigenvalue weighted by Gasteiger charge is 2.36. The second-order valence-electron chi connectivity index (χ2n) is 3.96. The molecule has 1 atom stereocenters. The van der Waals surface area contributed by atoms with Crippen LogP contribution >= 0.6 is 0 Å². The van der Waals surface area contributed by atoms with E-state index in [4.69, 9.17) is 5.11 Å². The molecule has 0 aromatic heterocycles. The van der Waals surface area contributed by atoms with Gasteiger partial charge in [-0.05, 0) is 12.8 Å². The van der Waals surface area contributed by atoms with E-state index in [1.165, 1.54) is 0 Å². The molecule has 1 unspecified atom stereocenters. The summed E-state index contributed by atoms with van der Waals surface area (Å²) in [6, 6.07) is 0. The minimum Gasteiger partial charge on any atom is -0.481 e. The summed E-state index contributed by atoms with van der Waals surface area (Å²) < 4.78 is 47.8. The van der Waals surface area contributed by atoms with E-state index in [0.717, 1.165) is 0 Å². The molecule has 9 heteroatoms. The fourth-order valence-corrected chi connectivity index (χ4v) is 5.70. The van der Waals surface area contributed by atoms with Gasteiger partial charge >= 0.3 is 5.97 Å². The van der Waals surface area contributed by atoms with Crippen molar-refractivity contribution in [2.75, 3.05) is 18.1 Å². The summed E-state index contributed by atoms with van der Waals surface area (Å²) >= 11 is 0. The number of carboxylic acids is 1. The summed E-state index contributed by atoms with van der Waals surface area (Å²) in [7, 11) is -6.89. The van der Waals surface area contributed by atoms with Gasteiger partial charge in [-0.1, -0.05) is 0 Å². The van der Waals surface area contributed by atoms with Crippen LogP contribution in [0.15, 0.2) is 0 Å². The number of hydrogen-bond donors (Lipinski definition) is 2. The summed E-state index contributed by atoms with van der Waals surface area (Å²) in [5.74, 6) is -1.44. The molecule has 1 saturated heterocycles. The van der Waals surface area contributed by atoms with Gasteiger partial charge in [-0.15, -0.1) is 0 Å². The van der Waals surface area contributed by atoms with Crippen molar-refractivity contribution >= 4 is 25.8 Å². The maximum Gasteiger partial charge on any atom is 0.303 e. The smallest absolute Gasteiger partial charge is 0.303 e. The third-order valence-corrected chi connectivity index (χ3v) is 6.37. The number of rotatable bonds is 6. The first kappa shape index (κ1) is 14.4. The van der Waals surface area contributed by atoms with Crippen LogP contribution < -0.4 is 4.72 Å². The van der Waals surface area contributed by atoms with Gasteiger partial charge in [0.2, 0.25) is 10.0 Å². The van der Waals surface area contributed by atoms with Crippen LogP contribution in [0.4, 0.5) is 0 Å². The Morgan fingerprint density at radius 1 is 1.41 bits per heavy atom. The summed E-state index contributed by atoms with van der Waals surface area (Å²) in [5.41, 5.74) is 0. The van der Waals surface area contributed by atoms with Crippen LogP contribution in [0.2, 0.25) is 0 Å². The number of carbonyl (C=O) groups is 1. The minimum absolute atomic E-state index is 0.0190. The van der Waals surface area contributed by atoms with E-state index in [-0.39, 0.29) is 37.3 Å². The minimum atomic E-state index is -3.65. The number of hydrogen-bond acceptors (Lipinski definition) is 5. The normalized spacial score (nSPS) is 23.6. The Kier molecular flexibility index (Phi) is 4.50. The molecule has 0 aromatic carbocycles. The van der Waals surface area contributed by atoms with Crippen LogP contribution in [0, 0.1) is 0 Å². The van der Waals surface area contributed by atoms with Gasteiger partial charge in [0.15, 0.2) is 9.84 Å². The van der Waals surface area contributed by atoms with E-state index >= 15 is 0 Å². The van der Waals surface area contributed by atoms with Crippen molar-refractivity contribution < 1.29 is 26.7 Å². The summed E-state index contributed by atoms with van der Waals surface area (Å²) in [6.45, 7) is 0.0190. The van der Waals surface area contributed by atoms with Gasteiger partial charge in [-0.25, -0.2) is 21.6 Å². The zero-order valence-electron chi connectivity index (χ0n) is 9.12. The Balaban J connectivity index is 2.45. The van der Waals surface area contributed by atoms with E-state index in [1.807, 2.05) is 0 Å². The monoisotopic (exact) mass is 285 g/mol. The van der Waals surface area contributed by atoms with E-state index in [2.05, 4.69) is 4.72 Å². The number of sulfone groups is 1. The van der Waals surface area contributed by atoms with Crippen molar-refractivity contribution in [3.63, 3.8) is 0 Å². The Hall–Kier alpha value is -0.670. The SMILES string of the molecule is O=C(O)CCCNS(=O)(=O)C1CCS(=O)(=O)C1. The number of aliphatic carboxylic acids is 1. The van der Waals surface area contributed by atoms with E-state index in [9.17, 15) is 21.6 Å². The van der Waals surface area contributed by atoms with Gasteiger partial charge in [0, 0.05) is 13.0 Å². The molecule has 0 aliphatic carbocycles. The highest BCUT2D eigenvalue weighted by Crippen LogP contribution is 2.17. The van der Waals surface area contributed by atoms with Gasteiger partial charge in [-0.2, -0.15) is 0 Å². The lowest BCUT2D eigenvalue weighted by molar-refractivity contribution is -0.137. The molecule has 0 bridgehead atoms. The van der Waals surface area contributed by atoms with Crippen LogP contribution in [0.25, 0.3) is 0 Å². The Bertz CT molecular complexity index is 480. The van der Waals surface area contributed by atoms with Crippen molar-refractivity contribution in [2.24, 2.45) is 0 Å². The lowest BCUT2D eigenvalue weighted by Crippen LogP contribution is -2.35. The molecule has 0 radical (unpaired) electrons. The maximum atomic E-state index is 11.6. The molecule has 0 aromatic rings. The predicted octanol–water partition coefficient (Wildman–Crippen LogP) is -1.04. The molecule has 1 fully saturated rings. The molecular weight excluding hydrogens is 270 g/mol. The van der Waals surface area contributed by atoms with E-state index in [0.29, 0.717) is 0 Å². The predicted molar refractivity (Wildman–Crippen MR) is 60.9 cm³/mol. The fourth-order valence-electron chi connectivity index (χ4n) is 1.58. The summed E-state index contributed by atoms with van der Waals surface area (Å²) in [6.07, 6.45) is 0.177. The summed E-state index contributed by atoms with van der Waals surface area (Å²) in [4.78, 5) is 10.2. The van der Waals surface area contributed by atoms with Crippen LogP contribution in [0.1, 0.15) is 19.3 Å². The quantitative estimate of drug-likeness (QED) is 0.602. The Morgan fingerprint density at radius 3 is 2.53 bits per heavy atom. The first-order chi connectivity index (χ1) is 7.73. The van der Waals surface area contributed by atoms with Gasteiger partial charge in [0.25, 0.3) is 0 Å². The average molecular weight is 285 g/mol. The molecule has 1 aliphatic rings. The summed E-state index contributed by atoms with van der Waals surface area (Å²) in [5, 5.41) is 7.46. The molecule has 17 heavy (non-hydrogen) atoms. The molecule has 0 amide bonds.